The average Bonchev–Trinajstić information content (AvgIpc) is 3.44. The third-order valence-corrected chi connectivity index (χ3v) is 6.18. The van der Waals surface area contributed by atoms with Crippen LogP contribution in [-0.4, -0.2) is 47.4 Å². The highest BCUT2D eigenvalue weighted by Crippen LogP contribution is 2.39. The van der Waals surface area contributed by atoms with E-state index in [4.69, 9.17) is 0 Å². The highest BCUT2D eigenvalue weighted by atomic mass is 16.3. The maximum atomic E-state index is 12.8. The van der Waals surface area contributed by atoms with Crippen LogP contribution in [0.4, 0.5) is 5.69 Å². The Labute approximate surface area is 165 Å². The Balaban J connectivity index is 1.40. The Morgan fingerprint density at radius 2 is 1.46 bits per heavy atom. The highest BCUT2D eigenvalue weighted by Gasteiger charge is 2.36. The molecule has 4 heteroatoms. The molecule has 1 aromatic rings. The van der Waals surface area contributed by atoms with E-state index in [2.05, 4.69) is 33.8 Å². The molecule has 0 radical (unpaired) electrons. The standard InChI is InChI=1S/C24H24N2O2/c27-23-21(17-5-9-19(10-6-17)25-13-1-2-14-25)24(28)22(23)18-7-11-20(12-8-18)26-15-3-4-16-26/h5-12H,1-4,13-16H2/p+1. The number of nitrogens with zero attached hydrogens (tertiary/aromatic N) is 2. The monoisotopic (exact) mass is 373 g/mol. The summed E-state index contributed by atoms with van der Waals surface area (Å²) < 4.78 is 2.36. The van der Waals surface area contributed by atoms with Crippen molar-refractivity contribution in [3.8, 4) is 0 Å². The Hall–Kier alpha value is -2.88. The number of carbonyl (C=O) groups is 1. The van der Waals surface area contributed by atoms with Gasteiger partial charge in [0.15, 0.2) is 5.71 Å². The van der Waals surface area contributed by atoms with Crippen LogP contribution in [0.15, 0.2) is 65.5 Å². The smallest absolute Gasteiger partial charge is 0.201 e. The minimum atomic E-state index is -0.0691. The van der Waals surface area contributed by atoms with Crippen molar-refractivity contribution in [2.24, 2.45) is 0 Å². The van der Waals surface area contributed by atoms with E-state index < -0.39 is 0 Å². The Morgan fingerprint density at radius 1 is 0.821 bits per heavy atom. The first-order valence-corrected chi connectivity index (χ1v) is 10.3. The minimum absolute atomic E-state index is 0.0691. The zero-order valence-corrected chi connectivity index (χ0v) is 16.0. The first kappa shape index (κ1) is 17.2. The summed E-state index contributed by atoms with van der Waals surface area (Å²) in [7, 11) is 0. The molecule has 0 aromatic heterocycles. The Bertz CT molecular complexity index is 958. The van der Waals surface area contributed by atoms with Crippen molar-refractivity contribution >= 4 is 22.8 Å². The molecule has 28 heavy (non-hydrogen) atoms. The van der Waals surface area contributed by atoms with Gasteiger partial charge in [-0.2, -0.15) is 0 Å². The number of carbonyl (C=O) groups excluding carboxylic acids is 1. The van der Waals surface area contributed by atoms with Gasteiger partial charge in [-0.1, -0.05) is 12.1 Å². The number of benzene rings is 1. The second-order valence-corrected chi connectivity index (χ2v) is 7.91. The lowest BCUT2D eigenvalue weighted by Gasteiger charge is -2.24. The molecule has 2 aliphatic carbocycles. The molecule has 2 fully saturated rings. The zero-order chi connectivity index (χ0) is 19.1. The lowest BCUT2D eigenvalue weighted by atomic mass is 9.80. The van der Waals surface area contributed by atoms with Crippen LogP contribution in [0.3, 0.4) is 0 Å². The van der Waals surface area contributed by atoms with Crippen molar-refractivity contribution in [3.63, 3.8) is 0 Å². The van der Waals surface area contributed by atoms with E-state index in [9.17, 15) is 9.90 Å². The number of Topliss-reactive ketones (excluding diaryl/α,β-unsaturated/α-hetero) is 1. The van der Waals surface area contributed by atoms with Crippen LogP contribution in [0.1, 0.15) is 31.2 Å². The molecule has 2 aliphatic heterocycles. The molecular formula is C24H25N2O2+. The second-order valence-electron chi connectivity index (χ2n) is 7.91. The summed E-state index contributed by atoms with van der Waals surface area (Å²) >= 11 is 0. The van der Waals surface area contributed by atoms with Crippen LogP contribution in [0, 0.1) is 0 Å². The van der Waals surface area contributed by atoms with E-state index >= 15 is 0 Å². The third kappa shape index (κ3) is 2.84. The van der Waals surface area contributed by atoms with Gasteiger partial charge in [-0.3, -0.25) is 4.79 Å². The summed E-state index contributed by atoms with van der Waals surface area (Å²) in [5.74, 6) is 0.0493. The van der Waals surface area contributed by atoms with E-state index in [1.807, 2.05) is 24.3 Å². The Kier molecular flexibility index (Phi) is 4.27. The van der Waals surface area contributed by atoms with E-state index in [-0.39, 0.29) is 11.5 Å². The predicted molar refractivity (Wildman–Crippen MR) is 112 cm³/mol. The number of allylic oxidation sites excluding steroid dienone is 7. The Morgan fingerprint density at radius 3 is 2.07 bits per heavy atom. The van der Waals surface area contributed by atoms with Gasteiger partial charge in [0.25, 0.3) is 0 Å². The maximum absolute atomic E-state index is 12.8. The topological polar surface area (TPSA) is 43.6 Å². The third-order valence-electron chi connectivity index (χ3n) is 6.18. The van der Waals surface area contributed by atoms with Gasteiger partial charge in [-0.15, -0.1) is 0 Å². The van der Waals surface area contributed by atoms with Gasteiger partial charge in [-0.25, -0.2) is 4.58 Å². The fraction of sp³-hybridized carbons (Fsp3) is 0.333. The van der Waals surface area contributed by atoms with E-state index in [0.29, 0.717) is 11.1 Å². The fourth-order valence-electron chi connectivity index (χ4n) is 4.57. The maximum Gasteiger partial charge on any atom is 0.201 e. The number of rotatable bonds is 2. The number of anilines is 1. The first-order valence-electron chi connectivity index (χ1n) is 10.3. The van der Waals surface area contributed by atoms with Crippen molar-refractivity contribution in [2.75, 3.05) is 31.1 Å². The van der Waals surface area contributed by atoms with E-state index in [0.717, 1.165) is 37.3 Å². The first-order chi connectivity index (χ1) is 13.7. The highest BCUT2D eigenvalue weighted by molar-refractivity contribution is 6.39. The average molecular weight is 373 g/mol. The van der Waals surface area contributed by atoms with Crippen molar-refractivity contribution < 1.29 is 14.5 Å². The quantitative estimate of drug-likeness (QED) is 0.633. The van der Waals surface area contributed by atoms with E-state index in [1.165, 1.54) is 37.1 Å². The number of aliphatic hydroxyl groups excluding tert-OH is 1. The van der Waals surface area contributed by atoms with Crippen LogP contribution >= 0.6 is 0 Å². The number of hydrogen-bond donors (Lipinski definition) is 1. The molecule has 0 atom stereocenters. The summed E-state index contributed by atoms with van der Waals surface area (Å²) in [6, 6.07) is 8.00. The van der Waals surface area contributed by atoms with Gasteiger partial charge in [0, 0.05) is 43.8 Å². The molecule has 0 bridgehead atoms. The fourth-order valence-corrected chi connectivity index (χ4v) is 4.57. The molecule has 2 heterocycles. The normalized spacial score (nSPS) is 22.0. The van der Waals surface area contributed by atoms with Crippen molar-refractivity contribution in [1.29, 1.82) is 0 Å². The van der Waals surface area contributed by atoms with Gasteiger partial charge in [-0.05, 0) is 48.3 Å². The number of hydrogen-bond acceptors (Lipinski definition) is 3. The number of ketones is 1. The van der Waals surface area contributed by atoms with Gasteiger partial charge in [0.2, 0.25) is 5.78 Å². The predicted octanol–water partition coefficient (Wildman–Crippen LogP) is 3.81. The summed E-state index contributed by atoms with van der Waals surface area (Å²) in [6.45, 7) is 4.38. The largest absolute Gasteiger partial charge is 0.506 e. The van der Waals surface area contributed by atoms with Crippen LogP contribution < -0.4 is 4.90 Å². The van der Waals surface area contributed by atoms with Gasteiger partial charge < -0.3 is 10.0 Å². The molecule has 4 nitrogen and oxygen atoms in total. The zero-order valence-electron chi connectivity index (χ0n) is 16.0. The summed E-state index contributed by atoms with van der Waals surface area (Å²) in [4.78, 5) is 15.1. The van der Waals surface area contributed by atoms with Crippen LogP contribution in [-0.2, 0) is 4.79 Å². The summed E-state index contributed by atoms with van der Waals surface area (Å²) in [5, 5.41) is 10.6. The molecule has 5 rings (SSSR count). The summed E-state index contributed by atoms with van der Waals surface area (Å²) in [6.07, 6.45) is 13.0. The van der Waals surface area contributed by atoms with Crippen molar-refractivity contribution in [3.05, 3.63) is 71.0 Å². The molecule has 0 unspecified atom stereocenters. The molecule has 1 N–H and O–H groups in total. The van der Waals surface area contributed by atoms with Gasteiger partial charge >= 0.3 is 0 Å². The van der Waals surface area contributed by atoms with Crippen LogP contribution in [0.5, 0.6) is 0 Å². The van der Waals surface area contributed by atoms with Crippen molar-refractivity contribution in [1.82, 2.24) is 0 Å². The van der Waals surface area contributed by atoms with Crippen molar-refractivity contribution in [2.45, 2.75) is 25.7 Å². The lowest BCUT2D eigenvalue weighted by molar-refractivity contribution is -0.504. The van der Waals surface area contributed by atoms with Crippen LogP contribution in [0.25, 0.3) is 5.57 Å². The van der Waals surface area contributed by atoms with Gasteiger partial charge in [0.05, 0.1) is 11.1 Å². The SMILES string of the molecule is O=C1C(=C2C=CC(=[N+]3CCCC3)C=C2)C(O)=C1c1ccc(N2CCCC2)cc1. The molecule has 1 aromatic carbocycles. The second kappa shape index (κ2) is 6.93. The summed E-state index contributed by atoms with van der Waals surface area (Å²) in [5.41, 5.74) is 4.84. The minimum Gasteiger partial charge on any atom is -0.506 e. The molecule has 0 spiro atoms. The number of aliphatic hydroxyl groups is 1. The molecule has 142 valence electrons. The lowest BCUT2D eigenvalue weighted by Crippen LogP contribution is -2.23. The molecule has 2 saturated heterocycles. The van der Waals surface area contributed by atoms with Gasteiger partial charge in [0.1, 0.15) is 18.8 Å². The molecule has 4 aliphatic rings. The molecular weight excluding hydrogens is 348 g/mol. The molecule has 0 amide bonds. The van der Waals surface area contributed by atoms with E-state index in [1.54, 1.807) is 0 Å². The van der Waals surface area contributed by atoms with Crippen LogP contribution in [0.2, 0.25) is 0 Å². The molecule has 0 saturated carbocycles.